The molecule has 0 saturated carbocycles. The Bertz CT molecular complexity index is 939. The van der Waals surface area contributed by atoms with Crippen molar-refractivity contribution in [2.75, 3.05) is 25.9 Å². The Morgan fingerprint density at radius 3 is 2.78 bits per heavy atom. The summed E-state index contributed by atoms with van der Waals surface area (Å²) in [6.07, 6.45) is 4.83. The Balaban J connectivity index is 1.68. The van der Waals surface area contributed by atoms with Gasteiger partial charge in [-0.15, -0.1) is 0 Å². The van der Waals surface area contributed by atoms with E-state index in [0.29, 0.717) is 31.3 Å². The average Bonchev–Trinajstić information content (AvgIpc) is 3.13. The van der Waals surface area contributed by atoms with Gasteiger partial charge in [0.2, 0.25) is 0 Å². The lowest BCUT2D eigenvalue weighted by Gasteiger charge is -2.39. The van der Waals surface area contributed by atoms with E-state index in [1.165, 1.54) is 6.07 Å². The number of hydrogen-bond donors (Lipinski definition) is 1. The number of halogens is 1. The van der Waals surface area contributed by atoms with Gasteiger partial charge in [0.05, 0.1) is 22.5 Å². The molecule has 1 aromatic carbocycles. The summed E-state index contributed by atoms with van der Waals surface area (Å²) in [6, 6.07) is 5.01. The highest BCUT2D eigenvalue weighted by Crippen LogP contribution is 2.23. The number of nitrogens with zero attached hydrogens (tertiary/aromatic N) is 4. The van der Waals surface area contributed by atoms with Gasteiger partial charge in [-0.2, -0.15) is 0 Å². The first-order valence-electron chi connectivity index (χ1n) is 8.68. The third kappa shape index (κ3) is 3.97. The third-order valence-corrected chi connectivity index (χ3v) is 7.33. The zero-order chi connectivity index (χ0) is 19.7. The monoisotopic (exact) mass is 393 g/mol. The summed E-state index contributed by atoms with van der Waals surface area (Å²) in [5.41, 5.74) is 1.20. The summed E-state index contributed by atoms with van der Waals surface area (Å²) >= 11 is 0. The van der Waals surface area contributed by atoms with Crippen molar-refractivity contribution in [3.63, 3.8) is 0 Å². The van der Waals surface area contributed by atoms with Crippen molar-refractivity contribution in [3.05, 3.63) is 48.3 Å². The number of aliphatic imine (C=N–C) groups is 1. The number of imidazole rings is 1. The lowest BCUT2D eigenvalue weighted by atomic mass is 10.2. The lowest BCUT2D eigenvalue weighted by molar-refractivity contribution is 0.353. The molecule has 1 aliphatic heterocycles. The molecule has 1 saturated heterocycles. The highest BCUT2D eigenvalue weighted by molar-refractivity contribution is 7.92. The Labute approximate surface area is 158 Å². The Kier molecular flexibility index (Phi) is 5.23. The highest BCUT2D eigenvalue weighted by atomic mass is 32.2. The van der Waals surface area contributed by atoms with Gasteiger partial charge in [-0.3, -0.25) is 4.99 Å². The molecule has 27 heavy (non-hydrogen) atoms. The van der Waals surface area contributed by atoms with Crippen LogP contribution in [0.1, 0.15) is 19.4 Å². The van der Waals surface area contributed by atoms with E-state index in [2.05, 4.69) is 15.3 Å². The van der Waals surface area contributed by atoms with Crippen molar-refractivity contribution in [3.8, 4) is 5.69 Å². The van der Waals surface area contributed by atoms with Crippen molar-refractivity contribution in [2.45, 2.75) is 25.1 Å². The zero-order valence-electron chi connectivity index (χ0n) is 15.7. The number of sulfone groups is 1. The molecule has 0 radical (unpaired) electrons. The van der Waals surface area contributed by atoms with Crippen LogP contribution in [0.4, 0.5) is 4.39 Å². The SMILES string of the molecule is CN=C(NCc1ccc(-n2ccnc2)c(F)c1)N1CCS(=O)(=O)C(C)(C)C1. The molecule has 9 heteroatoms. The molecule has 1 aliphatic rings. The summed E-state index contributed by atoms with van der Waals surface area (Å²) < 4.78 is 39.5. The van der Waals surface area contributed by atoms with E-state index in [0.717, 1.165) is 5.56 Å². The van der Waals surface area contributed by atoms with Crippen LogP contribution >= 0.6 is 0 Å². The molecule has 0 bridgehead atoms. The molecular weight excluding hydrogens is 369 g/mol. The Hall–Kier alpha value is -2.42. The molecule has 1 N–H and O–H groups in total. The molecule has 0 unspecified atom stereocenters. The van der Waals surface area contributed by atoms with Crippen molar-refractivity contribution in [1.82, 2.24) is 19.8 Å². The molecular formula is C18H24FN5O2S. The number of guanidine groups is 1. The van der Waals surface area contributed by atoms with Crippen LogP contribution in [0.5, 0.6) is 0 Å². The minimum Gasteiger partial charge on any atom is -0.352 e. The van der Waals surface area contributed by atoms with E-state index in [4.69, 9.17) is 0 Å². The van der Waals surface area contributed by atoms with E-state index < -0.39 is 14.6 Å². The van der Waals surface area contributed by atoms with Gasteiger partial charge in [-0.25, -0.2) is 17.8 Å². The van der Waals surface area contributed by atoms with Crippen LogP contribution in [0.2, 0.25) is 0 Å². The maximum absolute atomic E-state index is 14.4. The molecule has 3 rings (SSSR count). The first kappa shape index (κ1) is 19.3. The fourth-order valence-electron chi connectivity index (χ4n) is 3.11. The van der Waals surface area contributed by atoms with Crippen LogP contribution in [0, 0.1) is 5.82 Å². The second kappa shape index (κ2) is 7.30. The summed E-state index contributed by atoms with van der Waals surface area (Å²) in [7, 11) is -1.46. The van der Waals surface area contributed by atoms with Crippen LogP contribution in [-0.2, 0) is 16.4 Å². The van der Waals surface area contributed by atoms with Gasteiger partial charge in [0.1, 0.15) is 5.82 Å². The van der Waals surface area contributed by atoms with Crippen molar-refractivity contribution in [2.24, 2.45) is 4.99 Å². The maximum atomic E-state index is 14.4. The minimum atomic E-state index is -3.12. The number of rotatable bonds is 3. The van der Waals surface area contributed by atoms with Crippen LogP contribution in [0.3, 0.4) is 0 Å². The number of aromatic nitrogens is 2. The van der Waals surface area contributed by atoms with Crippen LogP contribution in [-0.4, -0.2) is 59.5 Å². The molecule has 7 nitrogen and oxygen atoms in total. The van der Waals surface area contributed by atoms with E-state index in [-0.39, 0.29) is 11.6 Å². The fraction of sp³-hybridized carbons (Fsp3) is 0.444. The first-order valence-corrected chi connectivity index (χ1v) is 10.3. The predicted molar refractivity (Wildman–Crippen MR) is 103 cm³/mol. The number of nitrogens with one attached hydrogen (secondary N) is 1. The highest BCUT2D eigenvalue weighted by Gasteiger charge is 2.40. The smallest absolute Gasteiger partial charge is 0.193 e. The van der Waals surface area contributed by atoms with E-state index >= 15 is 0 Å². The second-order valence-electron chi connectivity index (χ2n) is 7.16. The molecule has 146 valence electrons. The van der Waals surface area contributed by atoms with Crippen molar-refractivity contribution < 1.29 is 12.8 Å². The number of benzene rings is 1. The third-order valence-electron chi connectivity index (χ3n) is 4.80. The van der Waals surface area contributed by atoms with Gasteiger partial charge >= 0.3 is 0 Å². The zero-order valence-corrected chi connectivity index (χ0v) is 16.5. The molecule has 0 amide bonds. The Morgan fingerprint density at radius 1 is 1.41 bits per heavy atom. The molecule has 2 heterocycles. The summed E-state index contributed by atoms with van der Waals surface area (Å²) in [6.45, 7) is 4.59. The van der Waals surface area contributed by atoms with E-state index in [1.54, 1.807) is 50.2 Å². The van der Waals surface area contributed by atoms with Crippen molar-refractivity contribution in [1.29, 1.82) is 0 Å². The predicted octanol–water partition coefficient (Wildman–Crippen LogP) is 1.60. The lowest BCUT2D eigenvalue weighted by Crippen LogP contribution is -2.57. The largest absolute Gasteiger partial charge is 0.352 e. The van der Waals surface area contributed by atoms with E-state index in [1.807, 2.05) is 11.0 Å². The fourth-order valence-corrected chi connectivity index (χ4v) is 4.48. The standard InChI is InChI=1S/C18H24FN5O2S/c1-18(2)12-23(8-9-27(18,25)26)17(20-3)22-11-14-4-5-16(15(19)10-14)24-7-6-21-13-24/h4-7,10,13H,8-9,11-12H2,1-3H3,(H,20,22). The van der Waals surface area contributed by atoms with Gasteiger partial charge in [-0.1, -0.05) is 6.07 Å². The van der Waals surface area contributed by atoms with Gasteiger partial charge < -0.3 is 14.8 Å². The average molecular weight is 393 g/mol. The first-order chi connectivity index (χ1) is 12.7. The van der Waals surface area contributed by atoms with Gasteiger partial charge in [-0.05, 0) is 31.5 Å². The molecule has 2 aromatic rings. The minimum absolute atomic E-state index is 0.0922. The molecule has 0 aliphatic carbocycles. The molecule has 1 fully saturated rings. The quantitative estimate of drug-likeness (QED) is 0.633. The maximum Gasteiger partial charge on any atom is 0.193 e. The number of hydrogen-bond acceptors (Lipinski definition) is 4. The van der Waals surface area contributed by atoms with Gasteiger partial charge in [0.15, 0.2) is 15.8 Å². The summed E-state index contributed by atoms with van der Waals surface area (Å²) in [5, 5.41) is 3.20. The van der Waals surface area contributed by atoms with Crippen LogP contribution in [0.25, 0.3) is 5.69 Å². The molecule has 0 spiro atoms. The topological polar surface area (TPSA) is 79.6 Å². The Morgan fingerprint density at radius 2 is 2.19 bits per heavy atom. The van der Waals surface area contributed by atoms with Crippen LogP contribution < -0.4 is 5.32 Å². The van der Waals surface area contributed by atoms with Gasteiger partial charge in [0, 0.05) is 39.1 Å². The molecule has 1 aromatic heterocycles. The van der Waals surface area contributed by atoms with E-state index in [9.17, 15) is 12.8 Å². The summed E-state index contributed by atoms with van der Waals surface area (Å²) in [5.74, 6) is 0.360. The van der Waals surface area contributed by atoms with Crippen LogP contribution in [0.15, 0.2) is 41.9 Å². The summed E-state index contributed by atoms with van der Waals surface area (Å²) in [4.78, 5) is 10.1. The van der Waals surface area contributed by atoms with Crippen molar-refractivity contribution >= 4 is 15.8 Å². The molecule has 0 atom stereocenters. The normalized spacial score (nSPS) is 19.1. The second-order valence-corrected chi connectivity index (χ2v) is 9.90. The van der Waals surface area contributed by atoms with Gasteiger partial charge in [0.25, 0.3) is 0 Å².